The van der Waals surface area contributed by atoms with Crippen LogP contribution in [0.5, 0.6) is 0 Å². The molecule has 0 aliphatic carbocycles. The average molecular weight is 244 g/mol. The molecule has 0 saturated carbocycles. The maximum atomic E-state index is 4.55. The molecule has 1 atom stereocenters. The van der Waals surface area contributed by atoms with Crippen molar-refractivity contribution in [1.29, 1.82) is 0 Å². The summed E-state index contributed by atoms with van der Waals surface area (Å²) in [7, 11) is 0. The van der Waals surface area contributed by atoms with Crippen LogP contribution in [0.15, 0.2) is 36.8 Å². The van der Waals surface area contributed by atoms with Crippen LogP contribution in [0.2, 0.25) is 0 Å². The zero-order valence-electron chi connectivity index (χ0n) is 11.0. The van der Waals surface area contributed by atoms with Crippen LogP contribution < -0.4 is 5.32 Å². The van der Waals surface area contributed by atoms with E-state index in [1.807, 2.05) is 16.9 Å². The molecule has 0 fully saturated rings. The van der Waals surface area contributed by atoms with Gasteiger partial charge in [0, 0.05) is 37.7 Å². The number of pyridine rings is 1. The Morgan fingerprint density at radius 3 is 2.94 bits per heavy atom. The molecule has 0 bridgehead atoms. The van der Waals surface area contributed by atoms with Gasteiger partial charge in [0.15, 0.2) is 0 Å². The van der Waals surface area contributed by atoms with Crippen molar-refractivity contribution in [2.45, 2.75) is 39.4 Å². The lowest BCUT2D eigenvalue weighted by Crippen LogP contribution is -2.14. The number of nitrogens with zero attached hydrogens (tertiary/aromatic N) is 3. The number of hydrogen-bond acceptors (Lipinski definition) is 3. The van der Waals surface area contributed by atoms with Crippen LogP contribution in [0.3, 0.4) is 0 Å². The van der Waals surface area contributed by atoms with Gasteiger partial charge in [-0.25, -0.2) is 0 Å². The molecule has 2 rings (SSSR count). The van der Waals surface area contributed by atoms with Crippen molar-refractivity contribution in [2.24, 2.45) is 0 Å². The van der Waals surface area contributed by atoms with E-state index in [-0.39, 0.29) is 0 Å². The summed E-state index contributed by atoms with van der Waals surface area (Å²) in [5, 5.41) is 7.92. The van der Waals surface area contributed by atoms with Crippen LogP contribution in [0.4, 0.5) is 0 Å². The molecular weight excluding hydrogens is 224 g/mol. The molecule has 2 aromatic heterocycles. The second-order valence-corrected chi connectivity index (χ2v) is 4.51. The smallest absolute Gasteiger partial charge is 0.0762 e. The molecule has 0 spiro atoms. The van der Waals surface area contributed by atoms with Crippen molar-refractivity contribution in [3.63, 3.8) is 0 Å². The molecule has 0 aliphatic rings. The summed E-state index contributed by atoms with van der Waals surface area (Å²) in [6, 6.07) is 6.56. The third-order valence-corrected chi connectivity index (χ3v) is 3.06. The van der Waals surface area contributed by atoms with Crippen molar-refractivity contribution >= 4 is 0 Å². The number of aromatic nitrogens is 3. The molecule has 2 heterocycles. The molecule has 96 valence electrons. The predicted molar refractivity (Wildman–Crippen MR) is 72.0 cm³/mol. The average Bonchev–Trinajstić information content (AvgIpc) is 2.88. The van der Waals surface area contributed by atoms with Crippen molar-refractivity contribution in [3.05, 3.63) is 48.0 Å². The highest BCUT2D eigenvalue weighted by atomic mass is 15.3. The lowest BCUT2D eigenvalue weighted by atomic mass is 10.3. The molecule has 2 aromatic rings. The molecule has 0 aromatic carbocycles. The van der Waals surface area contributed by atoms with Crippen molar-refractivity contribution in [1.82, 2.24) is 20.1 Å². The van der Waals surface area contributed by atoms with E-state index in [1.54, 1.807) is 6.20 Å². The van der Waals surface area contributed by atoms with Gasteiger partial charge in [0.05, 0.1) is 5.69 Å². The molecule has 1 unspecified atom stereocenters. The highest BCUT2D eigenvalue weighted by Crippen LogP contribution is 2.09. The van der Waals surface area contributed by atoms with Gasteiger partial charge in [-0.2, -0.15) is 5.10 Å². The lowest BCUT2D eigenvalue weighted by molar-refractivity contribution is 0.471. The Bertz CT molecular complexity index is 464. The molecule has 0 aliphatic heterocycles. The van der Waals surface area contributed by atoms with Gasteiger partial charge in [0.2, 0.25) is 0 Å². The summed E-state index contributed by atoms with van der Waals surface area (Å²) >= 11 is 0. The Kier molecular flexibility index (Phi) is 4.47. The van der Waals surface area contributed by atoms with E-state index in [9.17, 15) is 0 Å². The fourth-order valence-corrected chi connectivity index (χ4v) is 1.74. The van der Waals surface area contributed by atoms with Crippen LogP contribution in [-0.4, -0.2) is 14.8 Å². The Morgan fingerprint density at radius 1 is 1.33 bits per heavy atom. The standard InChI is InChI=1S/C14H20N4/c1-3-12(2)18-8-6-14(17-18)11-16-10-13-5-4-7-15-9-13/h4-9,12,16H,3,10-11H2,1-2H3. The monoisotopic (exact) mass is 244 g/mol. The molecule has 18 heavy (non-hydrogen) atoms. The van der Waals surface area contributed by atoms with E-state index in [0.717, 1.165) is 25.2 Å². The summed E-state index contributed by atoms with van der Waals surface area (Å²) < 4.78 is 2.03. The molecule has 4 nitrogen and oxygen atoms in total. The number of hydrogen-bond donors (Lipinski definition) is 1. The van der Waals surface area contributed by atoms with Crippen LogP contribution in [0.1, 0.15) is 37.6 Å². The topological polar surface area (TPSA) is 42.7 Å². The number of rotatable bonds is 6. The molecule has 0 amide bonds. The third-order valence-electron chi connectivity index (χ3n) is 3.06. The van der Waals surface area contributed by atoms with E-state index >= 15 is 0 Å². The summed E-state index contributed by atoms with van der Waals surface area (Å²) in [5.41, 5.74) is 2.28. The van der Waals surface area contributed by atoms with Crippen molar-refractivity contribution in [3.8, 4) is 0 Å². The molecule has 0 radical (unpaired) electrons. The largest absolute Gasteiger partial charge is 0.307 e. The Balaban J connectivity index is 1.82. The Labute approximate surface area is 108 Å². The summed E-state index contributed by atoms with van der Waals surface area (Å²) in [4.78, 5) is 4.09. The van der Waals surface area contributed by atoms with Gasteiger partial charge in [-0.3, -0.25) is 9.67 Å². The summed E-state index contributed by atoms with van der Waals surface area (Å²) in [6.45, 7) is 5.97. The molecule has 4 heteroatoms. The molecular formula is C14H20N4. The zero-order valence-corrected chi connectivity index (χ0v) is 11.0. The predicted octanol–water partition coefficient (Wildman–Crippen LogP) is 2.54. The lowest BCUT2D eigenvalue weighted by Gasteiger charge is -2.08. The van der Waals surface area contributed by atoms with E-state index in [2.05, 4.69) is 47.6 Å². The second-order valence-electron chi connectivity index (χ2n) is 4.51. The highest BCUT2D eigenvalue weighted by Gasteiger charge is 2.04. The number of nitrogens with one attached hydrogen (secondary N) is 1. The van der Waals surface area contributed by atoms with Crippen molar-refractivity contribution < 1.29 is 0 Å². The van der Waals surface area contributed by atoms with E-state index in [0.29, 0.717) is 6.04 Å². The van der Waals surface area contributed by atoms with Crippen LogP contribution in [0.25, 0.3) is 0 Å². The first-order chi connectivity index (χ1) is 8.79. The first kappa shape index (κ1) is 12.8. The van der Waals surface area contributed by atoms with Crippen molar-refractivity contribution in [2.75, 3.05) is 0 Å². The first-order valence-corrected chi connectivity index (χ1v) is 6.43. The highest BCUT2D eigenvalue weighted by molar-refractivity contribution is 5.08. The zero-order chi connectivity index (χ0) is 12.8. The molecule has 1 N–H and O–H groups in total. The normalized spacial score (nSPS) is 12.6. The summed E-state index contributed by atoms with van der Waals surface area (Å²) in [6.07, 6.45) is 6.82. The van der Waals surface area contributed by atoms with Gasteiger partial charge >= 0.3 is 0 Å². The molecule has 0 saturated heterocycles. The SMILES string of the molecule is CCC(C)n1ccc(CNCc2cccnc2)n1. The minimum Gasteiger partial charge on any atom is -0.307 e. The van der Waals surface area contributed by atoms with Gasteiger partial charge in [0.25, 0.3) is 0 Å². The summed E-state index contributed by atoms with van der Waals surface area (Å²) in [5.74, 6) is 0. The maximum Gasteiger partial charge on any atom is 0.0762 e. The fourth-order valence-electron chi connectivity index (χ4n) is 1.74. The van der Waals surface area contributed by atoms with Gasteiger partial charge in [0.1, 0.15) is 0 Å². The van der Waals surface area contributed by atoms with Gasteiger partial charge in [-0.1, -0.05) is 13.0 Å². The quantitative estimate of drug-likeness (QED) is 0.849. The minimum absolute atomic E-state index is 0.470. The Hall–Kier alpha value is -1.68. The fraction of sp³-hybridized carbons (Fsp3) is 0.429. The van der Waals surface area contributed by atoms with E-state index in [1.165, 1.54) is 5.56 Å². The van der Waals surface area contributed by atoms with Gasteiger partial charge in [-0.05, 0) is 31.0 Å². The van der Waals surface area contributed by atoms with Crippen LogP contribution in [0, 0.1) is 0 Å². The van der Waals surface area contributed by atoms with E-state index in [4.69, 9.17) is 0 Å². The third kappa shape index (κ3) is 3.40. The second kappa shape index (κ2) is 6.31. The van der Waals surface area contributed by atoms with Crippen LogP contribution in [-0.2, 0) is 13.1 Å². The Morgan fingerprint density at radius 2 is 2.22 bits per heavy atom. The maximum absolute atomic E-state index is 4.55. The van der Waals surface area contributed by atoms with Crippen LogP contribution >= 0.6 is 0 Å². The van der Waals surface area contributed by atoms with E-state index < -0.39 is 0 Å². The first-order valence-electron chi connectivity index (χ1n) is 6.43. The van der Waals surface area contributed by atoms with Gasteiger partial charge < -0.3 is 5.32 Å². The van der Waals surface area contributed by atoms with Gasteiger partial charge in [-0.15, -0.1) is 0 Å². The minimum atomic E-state index is 0.470.